The van der Waals surface area contributed by atoms with Crippen LogP contribution in [0.15, 0.2) is 45.1 Å². The van der Waals surface area contributed by atoms with E-state index in [0.29, 0.717) is 18.8 Å². The lowest BCUT2D eigenvalue weighted by Crippen LogP contribution is -2.24. The van der Waals surface area contributed by atoms with Gasteiger partial charge in [0.1, 0.15) is 4.90 Å². The minimum atomic E-state index is -3.46. The molecule has 0 bridgehead atoms. The van der Waals surface area contributed by atoms with Crippen LogP contribution in [0.25, 0.3) is 0 Å². The van der Waals surface area contributed by atoms with Crippen molar-refractivity contribution in [1.29, 1.82) is 0 Å². The lowest BCUT2D eigenvalue weighted by Gasteiger charge is -2.12. The maximum Gasteiger partial charge on any atom is 0.242 e. The molecular weight excluding hydrogens is 360 g/mol. The van der Waals surface area contributed by atoms with Gasteiger partial charge in [0, 0.05) is 15.9 Å². The molecule has 0 radical (unpaired) electrons. The SMILES string of the molecule is CCNS(=O)(=O)c1ccccc1NCc1sccc1Br. The fourth-order valence-electron chi connectivity index (χ4n) is 1.74. The van der Waals surface area contributed by atoms with Crippen molar-refractivity contribution >= 4 is 43.0 Å². The Morgan fingerprint density at radius 3 is 2.65 bits per heavy atom. The summed E-state index contributed by atoms with van der Waals surface area (Å²) in [6.07, 6.45) is 0. The summed E-state index contributed by atoms with van der Waals surface area (Å²) < 4.78 is 27.8. The van der Waals surface area contributed by atoms with E-state index in [1.54, 1.807) is 36.5 Å². The number of thiophene rings is 1. The van der Waals surface area contributed by atoms with Crippen LogP contribution in [0.1, 0.15) is 11.8 Å². The third kappa shape index (κ3) is 3.60. The van der Waals surface area contributed by atoms with E-state index < -0.39 is 10.0 Å². The minimum absolute atomic E-state index is 0.273. The van der Waals surface area contributed by atoms with E-state index in [2.05, 4.69) is 26.0 Å². The molecule has 4 nitrogen and oxygen atoms in total. The van der Waals surface area contributed by atoms with E-state index in [9.17, 15) is 8.42 Å². The van der Waals surface area contributed by atoms with Gasteiger partial charge in [-0.1, -0.05) is 19.1 Å². The zero-order valence-electron chi connectivity index (χ0n) is 10.9. The van der Waals surface area contributed by atoms with E-state index >= 15 is 0 Å². The van der Waals surface area contributed by atoms with Gasteiger partial charge in [-0.05, 0) is 39.5 Å². The molecule has 2 aromatic rings. The second kappa shape index (κ2) is 6.71. The van der Waals surface area contributed by atoms with Gasteiger partial charge in [-0.15, -0.1) is 11.3 Å². The molecule has 108 valence electrons. The highest BCUT2D eigenvalue weighted by atomic mass is 79.9. The van der Waals surface area contributed by atoms with E-state index in [1.165, 1.54) is 0 Å². The molecule has 0 saturated carbocycles. The standard InChI is InChI=1S/C13H15BrN2O2S2/c1-2-16-20(17,18)13-6-4-3-5-11(13)15-9-12-10(14)7-8-19-12/h3-8,15-16H,2,9H2,1H3. The van der Waals surface area contributed by atoms with Crippen LogP contribution < -0.4 is 10.0 Å². The lowest BCUT2D eigenvalue weighted by atomic mass is 10.3. The first-order valence-electron chi connectivity index (χ1n) is 6.09. The van der Waals surface area contributed by atoms with Crippen LogP contribution in [0.2, 0.25) is 0 Å². The molecule has 0 fully saturated rings. The van der Waals surface area contributed by atoms with Crippen LogP contribution in [-0.2, 0) is 16.6 Å². The van der Waals surface area contributed by atoms with Crippen molar-refractivity contribution < 1.29 is 8.42 Å². The molecule has 0 unspecified atom stereocenters. The van der Waals surface area contributed by atoms with E-state index in [1.807, 2.05) is 17.5 Å². The van der Waals surface area contributed by atoms with Gasteiger partial charge in [-0.3, -0.25) is 0 Å². The van der Waals surface area contributed by atoms with E-state index in [0.717, 1.165) is 9.35 Å². The number of hydrogen-bond acceptors (Lipinski definition) is 4. The second-order valence-electron chi connectivity index (χ2n) is 4.04. The minimum Gasteiger partial charge on any atom is -0.379 e. The first kappa shape index (κ1) is 15.5. The van der Waals surface area contributed by atoms with Crippen LogP contribution in [0, 0.1) is 0 Å². The van der Waals surface area contributed by atoms with Crippen LogP contribution in [-0.4, -0.2) is 15.0 Å². The molecule has 0 aliphatic rings. The molecule has 0 aliphatic carbocycles. The average molecular weight is 375 g/mol. The van der Waals surface area contributed by atoms with E-state index in [-0.39, 0.29) is 4.90 Å². The highest BCUT2D eigenvalue weighted by Crippen LogP contribution is 2.26. The predicted molar refractivity (Wildman–Crippen MR) is 86.7 cm³/mol. The van der Waals surface area contributed by atoms with Gasteiger partial charge in [0.15, 0.2) is 0 Å². The molecule has 7 heteroatoms. The summed E-state index contributed by atoms with van der Waals surface area (Å²) in [6.45, 7) is 2.71. The number of para-hydroxylation sites is 1. The molecule has 2 N–H and O–H groups in total. The summed E-state index contributed by atoms with van der Waals surface area (Å²) >= 11 is 5.08. The maximum absolute atomic E-state index is 12.1. The predicted octanol–water partition coefficient (Wildman–Crippen LogP) is 3.42. The van der Waals surface area contributed by atoms with Gasteiger partial charge in [0.2, 0.25) is 10.0 Å². The van der Waals surface area contributed by atoms with Gasteiger partial charge in [-0.25, -0.2) is 13.1 Å². The Morgan fingerprint density at radius 2 is 2.00 bits per heavy atom. The first-order chi connectivity index (χ1) is 9.54. The molecule has 0 amide bonds. The molecule has 1 heterocycles. The van der Waals surface area contributed by atoms with Crippen molar-refractivity contribution in [2.45, 2.75) is 18.4 Å². The van der Waals surface area contributed by atoms with Crippen molar-refractivity contribution in [2.24, 2.45) is 0 Å². The zero-order valence-corrected chi connectivity index (χ0v) is 14.1. The Hall–Kier alpha value is -0.890. The molecule has 0 spiro atoms. The number of benzene rings is 1. The molecule has 1 aromatic carbocycles. The van der Waals surface area contributed by atoms with Crippen LogP contribution in [0.4, 0.5) is 5.69 Å². The van der Waals surface area contributed by atoms with Crippen molar-refractivity contribution in [3.63, 3.8) is 0 Å². The number of halogens is 1. The van der Waals surface area contributed by atoms with Crippen LogP contribution in [0.3, 0.4) is 0 Å². The Bertz CT molecular complexity index is 683. The number of nitrogens with one attached hydrogen (secondary N) is 2. The monoisotopic (exact) mass is 374 g/mol. The highest BCUT2D eigenvalue weighted by molar-refractivity contribution is 9.10. The summed E-state index contributed by atoms with van der Waals surface area (Å²) in [6, 6.07) is 8.88. The first-order valence-corrected chi connectivity index (χ1v) is 9.24. The van der Waals surface area contributed by atoms with Gasteiger partial charge < -0.3 is 5.32 Å². The number of hydrogen-bond donors (Lipinski definition) is 2. The van der Waals surface area contributed by atoms with Crippen LogP contribution >= 0.6 is 27.3 Å². The highest BCUT2D eigenvalue weighted by Gasteiger charge is 2.17. The van der Waals surface area contributed by atoms with Gasteiger partial charge >= 0.3 is 0 Å². The third-order valence-electron chi connectivity index (χ3n) is 2.64. The summed E-state index contributed by atoms with van der Waals surface area (Å²) in [7, 11) is -3.46. The molecule has 0 aliphatic heterocycles. The fraction of sp³-hybridized carbons (Fsp3) is 0.231. The van der Waals surface area contributed by atoms with Gasteiger partial charge in [0.05, 0.1) is 12.2 Å². The van der Waals surface area contributed by atoms with Crippen molar-refractivity contribution in [2.75, 3.05) is 11.9 Å². The Morgan fingerprint density at radius 1 is 1.25 bits per heavy atom. The Kier molecular flexibility index (Phi) is 5.20. The van der Waals surface area contributed by atoms with Crippen LogP contribution in [0.5, 0.6) is 0 Å². The summed E-state index contributed by atoms with van der Waals surface area (Å²) in [5.74, 6) is 0. The van der Waals surface area contributed by atoms with Gasteiger partial charge in [-0.2, -0.15) is 0 Å². The van der Waals surface area contributed by atoms with Crippen molar-refractivity contribution in [3.05, 3.63) is 45.1 Å². The van der Waals surface area contributed by atoms with Crippen molar-refractivity contribution in [1.82, 2.24) is 4.72 Å². The number of sulfonamides is 1. The third-order valence-corrected chi connectivity index (χ3v) is 6.17. The molecule has 1 aromatic heterocycles. The molecule has 0 atom stereocenters. The maximum atomic E-state index is 12.1. The van der Waals surface area contributed by atoms with E-state index in [4.69, 9.17) is 0 Å². The van der Waals surface area contributed by atoms with Crippen molar-refractivity contribution in [3.8, 4) is 0 Å². The summed E-state index contributed by atoms with van der Waals surface area (Å²) in [5.41, 5.74) is 0.605. The summed E-state index contributed by atoms with van der Waals surface area (Å²) in [4.78, 5) is 1.40. The van der Waals surface area contributed by atoms with Gasteiger partial charge in [0.25, 0.3) is 0 Å². The molecular formula is C13H15BrN2O2S2. The Labute approximate surface area is 131 Å². The molecule has 2 rings (SSSR count). The number of rotatable bonds is 6. The fourth-order valence-corrected chi connectivity index (χ4v) is 4.40. The summed E-state index contributed by atoms with van der Waals surface area (Å²) in [5, 5.41) is 5.17. The molecule has 20 heavy (non-hydrogen) atoms. The normalized spacial score (nSPS) is 11.5. The molecule has 0 saturated heterocycles. The second-order valence-corrected chi connectivity index (χ2v) is 7.63. The Balaban J connectivity index is 2.23. The average Bonchev–Trinajstić information content (AvgIpc) is 2.82. The lowest BCUT2D eigenvalue weighted by molar-refractivity contribution is 0.584. The zero-order chi connectivity index (χ0) is 14.6. The topological polar surface area (TPSA) is 58.2 Å². The quantitative estimate of drug-likeness (QED) is 0.814. The number of anilines is 1. The largest absolute Gasteiger partial charge is 0.379 e. The smallest absolute Gasteiger partial charge is 0.242 e.